The number of nitrogens with one attached hydrogen (secondary N) is 1. The maximum Gasteiger partial charge on any atom is 0.165 e. The molecular weight excluding hydrogens is 205 g/mol. The summed E-state index contributed by atoms with van der Waals surface area (Å²) in [6, 6.07) is 4.07. The van der Waals surface area contributed by atoms with Crippen molar-refractivity contribution in [1.82, 2.24) is 10.3 Å². The van der Waals surface area contributed by atoms with E-state index in [9.17, 15) is 4.39 Å². The smallest absolute Gasteiger partial charge is 0.165 e. The second kappa shape index (κ2) is 4.01. The SMILES string of the molecule is Fc1cccnc1N(C1CC1)C1CCNC1. The second-order valence-corrected chi connectivity index (χ2v) is 4.59. The summed E-state index contributed by atoms with van der Waals surface area (Å²) in [6.45, 7) is 1.98. The summed E-state index contributed by atoms with van der Waals surface area (Å²) in [6.07, 6.45) is 5.11. The maximum absolute atomic E-state index is 13.8. The third-order valence-corrected chi connectivity index (χ3v) is 3.35. The van der Waals surface area contributed by atoms with Crippen LogP contribution >= 0.6 is 0 Å². The predicted molar refractivity (Wildman–Crippen MR) is 61.0 cm³/mol. The van der Waals surface area contributed by atoms with Crippen LogP contribution in [0.25, 0.3) is 0 Å². The fraction of sp³-hybridized carbons (Fsp3) is 0.583. The van der Waals surface area contributed by atoms with Crippen molar-refractivity contribution in [3.05, 3.63) is 24.1 Å². The van der Waals surface area contributed by atoms with Gasteiger partial charge in [0.1, 0.15) is 0 Å². The average molecular weight is 221 g/mol. The molecular formula is C12H16FN3. The lowest BCUT2D eigenvalue weighted by Crippen LogP contribution is -2.39. The van der Waals surface area contributed by atoms with Gasteiger partial charge in [-0.3, -0.25) is 0 Å². The third kappa shape index (κ3) is 1.78. The van der Waals surface area contributed by atoms with Crippen LogP contribution < -0.4 is 10.2 Å². The molecule has 86 valence electrons. The zero-order chi connectivity index (χ0) is 11.0. The van der Waals surface area contributed by atoms with Gasteiger partial charge in [-0.25, -0.2) is 9.37 Å². The molecule has 0 spiro atoms. The molecule has 2 aliphatic rings. The van der Waals surface area contributed by atoms with Gasteiger partial charge in [0.25, 0.3) is 0 Å². The molecule has 0 bridgehead atoms. The molecule has 1 saturated carbocycles. The Morgan fingerprint density at radius 1 is 1.31 bits per heavy atom. The maximum atomic E-state index is 13.8. The first-order valence-electron chi connectivity index (χ1n) is 5.96. The molecule has 2 heterocycles. The van der Waals surface area contributed by atoms with Gasteiger partial charge in [0, 0.05) is 24.8 Å². The fourth-order valence-electron chi connectivity index (χ4n) is 2.44. The van der Waals surface area contributed by atoms with Crippen LogP contribution in [0, 0.1) is 5.82 Å². The van der Waals surface area contributed by atoms with Crippen molar-refractivity contribution in [2.24, 2.45) is 0 Å². The number of hydrogen-bond donors (Lipinski definition) is 1. The van der Waals surface area contributed by atoms with E-state index in [4.69, 9.17) is 0 Å². The van der Waals surface area contributed by atoms with Crippen LogP contribution in [0.5, 0.6) is 0 Å². The van der Waals surface area contributed by atoms with Crippen LogP contribution in [0.1, 0.15) is 19.3 Å². The molecule has 0 radical (unpaired) electrons. The van der Waals surface area contributed by atoms with E-state index < -0.39 is 0 Å². The van der Waals surface area contributed by atoms with Crippen molar-refractivity contribution in [3.8, 4) is 0 Å². The minimum absolute atomic E-state index is 0.193. The Labute approximate surface area is 94.7 Å². The molecule has 1 saturated heterocycles. The van der Waals surface area contributed by atoms with E-state index in [2.05, 4.69) is 15.2 Å². The highest BCUT2D eigenvalue weighted by Gasteiger charge is 2.37. The molecule has 1 aliphatic heterocycles. The average Bonchev–Trinajstić information content (AvgIpc) is 2.97. The monoisotopic (exact) mass is 221 g/mol. The zero-order valence-corrected chi connectivity index (χ0v) is 9.19. The number of pyridine rings is 1. The molecule has 3 nitrogen and oxygen atoms in total. The number of rotatable bonds is 3. The number of halogens is 1. The summed E-state index contributed by atoms with van der Waals surface area (Å²) in [5, 5.41) is 3.33. The summed E-state index contributed by atoms with van der Waals surface area (Å²) >= 11 is 0. The van der Waals surface area contributed by atoms with Gasteiger partial charge in [0.05, 0.1) is 0 Å². The van der Waals surface area contributed by atoms with Gasteiger partial charge in [0.15, 0.2) is 11.6 Å². The van der Waals surface area contributed by atoms with Gasteiger partial charge < -0.3 is 10.2 Å². The molecule has 2 fully saturated rings. The molecule has 0 aromatic carbocycles. The van der Waals surface area contributed by atoms with Crippen molar-refractivity contribution in [1.29, 1.82) is 0 Å². The van der Waals surface area contributed by atoms with Crippen LogP contribution in [0.4, 0.5) is 10.2 Å². The van der Waals surface area contributed by atoms with E-state index in [1.54, 1.807) is 12.3 Å². The standard InChI is InChI=1S/C12H16FN3/c13-11-2-1-6-15-12(11)16(9-3-4-9)10-5-7-14-8-10/h1-2,6,9-10,14H,3-5,7-8H2. The fourth-order valence-corrected chi connectivity index (χ4v) is 2.44. The van der Waals surface area contributed by atoms with Crippen molar-refractivity contribution in [2.45, 2.75) is 31.3 Å². The molecule has 1 aromatic rings. The van der Waals surface area contributed by atoms with Gasteiger partial charge in [-0.15, -0.1) is 0 Å². The highest BCUT2D eigenvalue weighted by Crippen LogP contribution is 2.34. The van der Waals surface area contributed by atoms with E-state index in [1.807, 2.05) is 0 Å². The van der Waals surface area contributed by atoms with Crippen LogP contribution in [-0.4, -0.2) is 30.2 Å². The first-order chi connectivity index (χ1) is 7.86. The van der Waals surface area contributed by atoms with Gasteiger partial charge in [-0.1, -0.05) is 0 Å². The predicted octanol–water partition coefficient (Wildman–Crippen LogP) is 1.55. The Morgan fingerprint density at radius 3 is 2.81 bits per heavy atom. The van der Waals surface area contributed by atoms with Crippen molar-refractivity contribution >= 4 is 5.82 Å². The molecule has 1 aromatic heterocycles. The Kier molecular flexibility index (Phi) is 2.52. The van der Waals surface area contributed by atoms with Crippen molar-refractivity contribution in [3.63, 3.8) is 0 Å². The van der Waals surface area contributed by atoms with Crippen molar-refractivity contribution in [2.75, 3.05) is 18.0 Å². The third-order valence-electron chi connectivity index (χ3n) is 3.35. The molecule has 1 atom stereocenters. The Hall–Kier alpha value is -1.16. The van der Waals surface area contributed by atoms with Crippen LogP contribution in [0.3, 0.4) is 0 Å². The van der Waals surface area contributed by atoms with Gasteiger partial charge >= 0.3 is 0 Å². The van der Waals surface area contributed by atoms with Crippen molar-refractivity contribution < 1.29 is 4.39 Å². The lowest BCUT2D eigenvalue weighted by atomic mass is 10.2. The van der Waals surface area contributed by atoms with Crippen LogP contribution in [-0.2, 0) is 0 Å². The highest BCUT2D eigenvalue weighted by molar-refractivity contribution is 5.44. The lowest BCUT2D eigenvalue weighted by Gasteiger charge is -2.29. The van der Waals surface area contributed by atoms with Gasteiger partial charge in [-0.05, 0) is 37.9 Å². The highest BCUT2D eigenvalue weighted by atomic mass is 19.1. The lowest BCUT2D eigenvalue weighted by molar-refractivity contribution is 0.570. The van der Waals surface area contributed by atoms with Crippen LogP contribution in [0.2, 0.25) is 0 Å². The molecule has 4 heteroatoms. The van der Waals surface area contributed by atoms with E-state index >= 15 is 0 Å². The number of hydrogen-bond acceptors (Lipinski definition) is 3. The summed E-state index contributed by atoms with van der Waals surface area (Å²) < 4.78 is 13.8. The quantitative estimate of drug-likeness (QED) is 0.839. The molecule has 1 unspecified atom stereocenters. The summed E-state index contributed by atoms with van der Waals surface area (Å²) in [4.78, 5) is 6.40. The first-order valence-corrected chi connectivity index (χ1v) is 5.96. The minimum atomic E-state index is -0.193. The summed E-state index contributed by atoms with van der Waals surface area (Å²) in [5.41, 5.74) is 0. The topological polar surface area (TPSA) is 28.2 Å². The number of aromatic nitrogens is 1. The molecule has 3 rings (SSSR count). The van der Waals surface area contributed by atoms with E-state index in [-0.39, 0.29) is 5.82 Å². The Morgan fingerprint density at radius 2 is 2.19 bits per heavy atom. The second-order valence-electron chi connectivity index (χ2n) is 4.59. The zero-order valence-electron chi connectivity index (χ0n) is 9.19. The normalized spacial score (nSPS) is 24.7. The molecule has 1 N–H and O–H groups in total. The van der Waals surface area contributed by atoms with E-state index in [1.165, 1.54) is 18.9 Å². The molecule has 1 aliphatic carbocycles. The number of nitrogens with zero attached hydrogens (tertiary/aromatic N) is 2. The summed E-state index contributed by atoms with van der Waals surface area (Å²) in [7, 11) is 0. The minimum Gasteiger partial charge on any atom is -0.347 e. The molecule has 0 amide bonds. The Balaban J connectivity index is 1.90. The van der Waals surface area contributed by atoms with E-state index in [0.717, 1.165) is 19.5 Å². The largest absolute Gasteiger partial charge is 0.347 e. The summed E-state index contributed by atoms with van der Waals surface area (Å²) in [5.74, 6) is 0.347. The van der Waals surface area contributed by atoms with Gasteiger partial charge in [0.2, 0.25) is 0 Å². The molecule has 16 heavy (non-hydrogen) atoms. The number of anilines is 1. The van der Waals surface area contributed by atoms with E-state index in [0.29, 0.717) is 17.9 Å². The Bertz CT molecular complexity index is 372. The van der Waals surface area contributed by atoms with Gasteiger partial charge in [-0.2, -0.15) is 0 Å². The first kappa shape index (κ1) is 10.0. The van der Waals surface area contributed by atoms with Crippen LogP contribution in [0.15, 0.2) is 18.3 Å².